The molecule has 0 spiro atoms. The van der Waals surface area contributed by atoms with Crippen molar-refractivity contribution in [2.75, 3.05) is 6.54 Å². The highest BCUT2D eigenvalue weighted by atomic mass is 32.2. The topological polar surface area (TPSA) is 58.0 Å². The van der Waals surface area contributed by atoms with E-state index in [1.807, 2.05) is 11.8 Å². The Morgan fingerprint density at radius 1 is 0.608 bits per heavy atom. The van der Waals surface area contributed by atoms with E-state index >= 15 is 0 Å². The van der Waals surface area contributed by atoms with Gasteiger partial charge < -0.3 is 14.5 Å². The third-order valence-corrected chi connectivity index (χ3v) is 12.9. The van der Waals surface area contributed by atoms with Crippen molar-refractivity contribution in [2.24, 2.45) is 0 Å². The Morgan fingerprint density at radius 3 is 2.10 bits per heavy atom. The third-order valence-electron chi connectivity index (χ3n) is 11.6. The molecule has 4 aliphatic heterocycles. The van der Waals surface area contributed by atoms with Gasteiger partial charge in [-0.15, -0.1) is 11.8 Å². The number of nitrogens with zero attached hydrogens (tertiary/aromatic N) is 2. The van der Waals surface area contributed by atoms with E-state index in [1.54, 1.807) is 0 Å². The van der Waals surface area contributed by atoms with Crippen LogP contribution in [-0.4, -0.2) is 20.9 Å². The summed E-state index contributed by atoms with van der Waals surface area (Å²) >= 11 is 2.03. The molecule has 1 aliphatic carbocycles. The molecule has 0 radical (unpaired) electrons. The first-order valence-corrected chi connectivity index (χ1v) is 18.8. The van der Waals surface area contributed by atoms with Crippen LogP contribution in [0, 0.1) is 0 Å². The zero-order valence-electron chi connectivity index (χ0n) is 27.7. The molecule has 4 atom stereocenters. The van der Waals surface area contributed by atoms with Crippen LogP contribution in [0.1, 0.15) is 57.9 Å². The lowest BCUT2D eigenvalue weighted by Crippen LogP contribution is -2.54. The third kappa shape index (κ3) is 3.94. The molecule has 0 saturated carbocycles. The summed E-state index contributed by atoms with van der Waals surface area (Å²) in [4.78, 5) is 1.40. The fourth-order valence-electron chi connectivity index (χ4n) is 9.42. The normalized spacial score (nSPS) is 24.2. The maximum Gasteiger partial charge on any atom is 0.0865 e. The Labute approximate surface area is 299 Å². The average molecular weight is 679 g/mol. The van der Waals surface area contributed by atoms with Gasteiger partial charge in [0, 0.05) is 49.0 Å². The van der Waals surface area contributed by atoms with Gasteiger partial charge >= 0.3 is 0 Å². The van der Waals surface area contributed by atoms with Crippen molar-refractivity contribution in [1.29, 1.82) is 0 Å². The highest BCUT2D eigenvalue weighted by Crippen LogP contribution is 2.58. The molecule has 4 N–H and O–H groups in total. The molecule has 1 saturated heterocycles. The number of dihydropyridines is 1. The minimum atomic E-state index is -0.0807. The second-order valence-corrected chi connectivity index (χ2v) is 15.4. The van der Waals surface area contributed by atoms with Crippen LogP contribution in [0.5, 0.6) is 0 Å². The van der Waals surface area contributed by atoms with Crippen LogP contribution in [-0.2, 0) is 0 Å². The zero-order chi connectivity index (χ0) is 33.2. The molecular formula is C44H34N6S. The molecule has 2 aromatic heterocycles. The first-order valence-electron chi connectivity index (χ1n) is 17.9. The Balaban J connectivity index is 1.10. The minimum absolute atomic E-state index is 0.0236. The molecule has 5 aromatic carbocycles. The van der Waals surface area contributed by atoms with Crippen molar-refractivity contribution < 1.29 is 0 Å². The monoisotopic (exact) mass is 678 g/mol. The number of rotatable bonds is 3. The van der Waals surface area contributed by atoms with Gasteiger partial charge in [0.15, 0.2) is 0 Å². The Kier molecular flexibility index (Phi) is 5.90. The van der Waals surface area contributed by atoms with E-state index in [-0.39, 0.29) is 24.4 Å². The highest BCUT2D eigenvalue weighted by Gasteiger charge is 2.44. The van der Waals surface area contributed by atoms with Gasteiger partial charge in [-0.25, -0.2) is 0 Å². The summed E-state index contributed by atoms with van der Waals surface area (Å²) in [5, 5.41) is 19.6. The van der Waals surface area contributed by atoms with Gasteiger partial charge in [-0.3, -0.25) is 16.0 Å². The molecule has 6 heterocycles. The first-order chi connectivity index (χ1) is 25.3. The van der Waals surface area contributed by atoms with Gasteiger partial charge in [0.1, 0.15) is 0 Å². The van der Waals surface area contributed by atoms with Gasteiger partial charge in [0.2, 0.25) is 0 Å². The molecule has 5 aliphatic rings. The molecule has 4 unspecified atom stereocenters. The molecule has 0 amide bonds. The molecule has 246 valence electrons. The lowest BCUT2D eigenvalue weighted by atomic mass is 9.84. The van der Waals surface area contributed by atoms with Gasteiger partial charge in [0.05, 0.1) is 53.0 Å². The number of para-hydroxylation sites is 1. The van der Waals surface area contributed by atoms with Crippen molar-refractivity contribution in [1.82, 2.24) is 30.4 Å². The fraction of sp³-hybridized carbons (Fsp3) is 0.136. The molecule has 7 heteroatoms. The number of nitrogens with one attached hydrogen (secondary N) is 4. The number of hydrogen-bond acceptors (Lipinski definition) is 5. The summed E-state index contributed by atoms with van der Waals surface area (Å²) < 4.78 is 5.21. The number of thioether (sulfide) groups is 1. The number of hydrogen-bond donors (Lipinski definition) is 4. The summed E-state index contributed by atoms with van der Waals surface area (Å²) in [6.07, 6.45) is 9.16. The van der Waals surface area contributed by atoms with Crippen LogP contribution in [0.4, 0.5) is 0 Å². The maximum atomic E-state index is 3.92. The minimum Gasteiger partial charge on any atom is -0.385 e. The van der Waals surface area contributed by atoms with E-state index < -0.39 is 0 Å². The Bertz CT molecular complexity index is 2640. The lowest BCUT2D eigenvalue weighted by Gasteiger charge is -2.39. The van der Waals surface area contributed by atoms with E-state index in [2.05, 4.69) is 170 Å². The SMILES string of the molecule is C1=CC2=C(CN1)n1c3c(c4ccc(C5NC(c6ccccc6)NC(c6ccccc6)N5)cc41)C=CC1Sc4ccc5c6ccccc6n2c5c4C31. The number of allylic oxidation sites excluding steroid dienone is 2. The summed E-state index contributed by atoms with van der Waals surface area (Å²) in [5.41, 5.74) is 14.3. The largest absolute Gasteiger partial charge is 0.385 e. The van der Waals surface area contributed by atoms with Crippen molar-refractivity contribution in [3.8, 4) is 0 Å². The van der Waals surface area contributed by atoms with Gasteiger partial charge in [-0.2, -0.15) is 0 Å². The van der Waals surface area contributed by atoms with Crippen LogP contribution in [0.15, 0.2) is 139 Å². The standard InChI is InChI=1S/C44H34N6S/c1-3-9-25(10-4-1)42-46-43(26-11-5-2-6-12-26)48-44(47-42)27-15-16-29-31-18-20-37-39-38-36(51-37)19-17-30-28-13-7-8-14-32(28)49(40(30)38)33-21-22-45-24-35(33)50(41(31)39)34(29)23-27/h1-23,37,39,42-48H,24H2. The summed E-state index contributed by atoms with van der Waals surface area (Å²) in [6.45, 7) is 0.750. The van der Waals surface area contributed by atoms with Crippen LogP contribution in [0.25, 0.3) is 50.2 Å². The van der Waals surface area contributed by atoms with Crippen molar-refractivity contribution in [3.63, 3.8) is 0 Å². The zero-order valence-corrected chi connectivity index (χ0v) is 28.5. The van der Waals surface area contributed by atoms with Crippen LogP contribution in [0.2, 0.25) is 0 Å². The van der Waals surface area contributed by atoms with E-state index in [9.17, 15) is 0 Å². The first kappa shape index (κ1) is 28.4. The smallest absolute Gasteiger partial charge is 0.0865 e. The highest BCUT2D eigenvalue weighted by molar-refractivity contribution is 8.00. The van der Waals surface area contributed by atoms with Crippen LogP contribution >= 0.6 is 11.8 Å². The quantitative estimate of drug-likeness (QED) is 0.151. The molecule has 51 heavy (non-hydrogen) atoms. The predicted octanol–water partition coefficient (Wildman–Crippen LogP) is 8.82. The Morgan fingerprint density at radius 2 is 1.31 bits per heavy atom. The number of aromatic nitrogens is 2. The van der Waals surface area contributed by atoms with Crippen molar-refractivity contribution in [2.45, 2.75) is 34.6 Å². The van der Waals surface area contributed by atoms with E-state index in [0.717, 1.165) is 6.54 Å². The van der Waals surface area contributed by atoms with Gasteiger partial charge in [-0.1, -0.05) is 109 Å². The van der Waals surface area contributed by atoms with Crippen LogP contribution in [0.3, 0.4) is 0 Å². The van der Waals surface area contributed by atoms with E-state index in [4.69, 9.17) is 0 Å². The molecular weight excluding hydrogens is 645 g/mol. The molecule has 0 bridgehead atoms. The van der Waals surface area contributed by atoms with E-state index in [0.29, 0.717) is 5.25 Å². The summed E-state index contributed by atoms with van der Waals surface area (Å²) in [6, 6.07) is 42.3. The van der Waals surface area contributed by atoms with Crippen LogP contribution < -0.4 is 21.3 Å². The lowest BCUT2D eigenvalue weighted by molar-refractivity contribution is 0.203. The fourth-order valence-corrected chi connectivity index (χ4v) is 10.8. The summed E-state index contributed by atoms with van der Waals surface area (Å²) in [5.74, 6) is 0.257. The second-order valence-electron chi connectivity index (χ2n) is 14.2. The van der Waals surface area contributed by atoms with Gasteiger partial charge in [-0.05, 0) is 47.2 Å². The molecule has 1 fully saturated rings. The second kappa shape index (κ2) is 10.6. The maximum absolute atomic E-state index is 3.92. The van der Waals surface area contributed by atoms with Crippen molar-refractivity contribution >= 4 is 61.9 Å². The molecule has 12 rings (SSSR count). The van der Waals surface area contributed by atoms with E-state index in [1.165, 1.54) is 82.5 Å². The number of benzene rings is 5. The molecule has 7 aromatic rings. The Hall–Kier alpha value is -5.31. The molecule has 6 nitrogen and oxygen atoms in total. The number of fused-ring (bicyclic) bond motifs is 8. The van der Waals surface area contributed by atoms with Gasteiger partial charge in [0.25, 0.3) is 0 Å². The summed E-state index contributed by atoms with van der Waals surface area (Å²) in [7, 11) is 0. The van der Waals surface area contributed by atoms with Crippen molar-refractivity contribution in [3.05, 3.63) is 167 Å². The predicted molar refractivity (Wildman–Crippen MR) is 209 cm³/mol. The average Bonchev–Trinajstić information content (AvgIpc) is 3.85.